The fourth-order valence-corrected chi connectivity index (χ4v) is 4.07. The summed E-state index contributed by atoms with van der Waals surface area (Å²) in [5.41, 5.74) is 0.356. The average molecular weight is 355 g/mol. The lowest BCUT2D eigenvalue weighted by atomic mass is 9.66. The summed E-state index contributed by atoms with van der Waals surface area (Å²) >= 11 is 0. The lowest BCUT2D eigenvalue weighted by molar-refractivity contribution is -0.605. The Labute approximate surface area is 151 Å². The van der Waals surface area contributed by atoms with Gasteiger partial charge in [-0.1, -0.05) is 60.7 Å². The molecule has 0 saturated carbocycles. The van der Waals surface area contributed by atoms with E-state index < -0.39 is 29.6 Å². The zero-order valence-electron chi connectivity index (χ0n) is 14.6. The number of nitro groups is 2. The van der Waals surface area contributed by atoms with E-state index in [1.54, 1.807) is 13.8 Å². The van der Waals surface area contributed by atoms with Crippen molar-refractivity contribution in [2.24, 2.45) is 5.41 Å². The van der Waals surface area contributed by atoms with Gasteiger partial charge in [-0.3, -0.25) is 25.5 Å². The number of hydrogen-bond donors (Lipinski definition) is 1. The molecule has 7 heteroatoms. The fourth-order valence-electron chi connectivity index (χ4n) is 4.07. The van der Waals surface area contributed by atoms with Crippen LogP contribution in [0, 0.1) is 25.6 Å². The maximum absolute atomic E-state index is 11.9. The summed E-state index contributed by atoms with van der Waals surface area (Å²) in [6.07, 6.45) is 0. The van der Waals surface area contributed by atoms with Gasteiger partial charge < -0.3 is 0 Å². The van der Waals surface area contributed by atoms with Gasteiger partial charge in [0.05, 0.1) is 0 Å². The van der Waals surface area contributed by atoms with Crippen molar-refractivity contribution in [3.8, 4) is 0 Å². The van der Waals surface area contributed by atoms with Gasteiger partial charge in [0.15, 0.2) is 0 Å². The molecule has 1 fully saturated rings. The highest BCUT2D eigenvalue weighted by atomic mass is 16.6. The van der Waals surface area contributed by atoms with E-state index >= 15 is 0 Å². The molecule has 0 bridgehead atoms. The molecular formula is C19H21N3O4. The molecule has 3 rings (SSSR count). The van der Waals surface area contributed by atoms with Gasteiger partial charge in [-0.2, -0.15) is 0 Å². The van der Waals surface area contributed by atoms with Crippen molar-refractivity contribution in [2.45, 2.75) is 38.0 Å². The lowest BCUT2D eigenvalue weighted by Gasteiger charge is -2.44. The number of nitrogens with zero attached hydrogens (tertiary/aromatic N) is 2. The Morgan fingerprint density at radius 3 is 1.42 bits per heavy atom. The topological polar surface area (TPSA) is 98.3 Å². The summed E-state index contributed by atoms with van der Waals surface area (Å²) in [5.74, 6) is 0. The first-order valence-electron chi connectivity index (χ1n) is 8.47. The van der Waals surface area contributed by atoms with Crippen LogP contribution in [0.1, 0.15) is 37.1 Å². The molecule has 1 aliphatic heterocycles. The summed E-state index contributed by atoms with van der Waals surface area (Å²) in [5, 5.41) is 27.0. The van der Waals surface area contributed by atoms with Gasteiger partial charge in [-0.05, 0) is 25.0 Å². The molecule has 0 aromatic heterocycles. The largest absolute Gasteiger partial charge is 0.291 e. The molecule has 4 atom stereocenters. The normalized spacial score (nSPS) is 27.6. The van der Waals surface area contributed by atoms with Crippen molar-refractivity contribution < 1.29 is 9.85 Å². The maximum atomic E-state index is 11.9. The van der Waals surface area contributed by atoms with Crippen LogP contribution in [0.4, 0.5) is 0 Å². The molecule has 1 aliphatic rings. The van der Waals surface area contributed by atoms with Gasteiger partial charge in [0.25, 0.3) is 0 Å². The lowest BCUT2D eigenvalue weighted by Crippen LogP contribution is -2.63. The summed E-state index contributed by atoms with van der Waals surface area (Å²) in [6.45, 7) is 3.25. The van der Waals surface area contributed by atoms with Crippen molar-refractivity contribution in [3.05, 3.63) is 92.0 Å². The highest BCUT2D eigenvalue weighted by Crippen LogP contribution is 2.46. The van der Waals surface area contributed by atoms with E-state index in [0.29, 0.717) is 0 Å². The standard InChI is InChI=1S/C19H21N3O4/c1-19(2)17(21(23)24)15(13-9-5-3-6-10-13)20-16(18(19)22(25)26)14-11-7-4-8-12-14/h3-12,15-18,20H,1-2H3. The number of benzene rings is 2. The first-order valence-corrected chi connectivity index (χ1v) is 8.47. The Balaban J connectivity index is 2.14. The van der Waals surface area contributed by atoms with Gasteiger partial charge in [0.1, 0.15) is 17.5 Å². The molecule has 0 radical (unpaired) electrons. The molecule has 1 N–H and O–H groups in total. The number of hydrogen-bond acceptors (Lipinski definition) is 5. The summed E-state index contributed by atoms with van der Waals surface area (Å²) in [7, 11) is 0. The van der Waals surface area contributed by atoms with Crippen molar-refractivity contribution >= 4 is 0 Å². The minimum Gasteiger partial charge on any atom is -0.291 e. The maximum Gasteiger partial charge on any atom is 0.243 e. The van der Waals surface area contributed by atoms with Gasteiger partial charge in [0.2, 0.25) is 12.1 Å². The van der Waals surface area contributed by atoms with E-state index in [9.17, 15) is 20.2 Å². The van der Waals surface area contributed by atoms with E-state index in [0.717, 1.165) is 11.1 Å². The van der Waals surface area contributed by atoms with Crippen LogP contribution in [-0.2, 0) is 0 Å². The SMILES string of the molecule is CC1(C)C([N+](=O)[O-])C(c2ccccc2)NC(c2ccccc2)C1[N+](=O)[O-]. The van der Waals surface area contributed by atoms with E-state index in [1.807, 2.05) is 60.7 Å². The molecule has 1 saturated heterocycles. The van der Waals surface area contributed by atoms with Gasteiger partial charge in [-0.15, -0.1) is 0 Å². The predicted molar refractivity (Wildman–Crippen MR) is 96.8 cm³/mol. The highest BCUT2D eigenvalue weighted by Gasteiger charge is 2.62. The summed E-state index contributed by atoms with van der Waals surface area (Å²) in [4.78, 5) is 23.0. The van der Waals surface area contributed by atoms with Crippen LogP contribution in [0.5, 0.6) is 0 Å². The van der Waals surface area contributed by atoms with Gasteiger partial charge in [-0.25, -0.2) is 0 Å². The molecule has 136 valence electrons. The number of rotatable bonds is 4. The van der Waals surface area contributed by atoms with Crippen LogP contribution in [0.2, 0.25) is 0 Å². The molecule has 0 amide bonds. The van der Waals surface area contributed by atoms with Crippen molar-refractivity contribution in [1.29, 1.82) is 0 Å². The van der Waals surface area contributed by atoms with Crippen LogP contribution in [-0.4, -0.2) is 21.9 Å². The number of nitrogens with one attached hydrogen (secondary N) is 1. The summed E-state index contributed by atoms with van der Waals surface area (Å²) in [6, 6.07) is 14.7. The van der Waals surface area contributed by atoms with Crippen LogP contribution < -0.4 is 5.32 Å². The second-order valence-electron chi connectivity index (χ2n) is 7.23. The van der Waals surface area contributed by atoms with Crippen molar-refractivity contribution in [1.82, 2.24) is 5.32 Å². The molecule has 26 heavy (non-hydrogen) atoms. The Hall–Kier alpha value is -2.80. The molecule has 0 spiro atoms. The fraction of sp³-hybridized carbons (Fsp3) is 0.368. The second-order valence-corrected chi connectivity index (χ2v) is 7.23. The van der Waals surface area contributed by atoms with Gasteiger partial charge in [0, 0.05) is 9.85 Å². The van der Waals surface area contributed by atoms with E-state index in [1.165, 1.54) is 0 Å². The van der Waals surface area contributed by atoms with Crippen LogP contribution >= 0.6 is 0 Å². The van der Waals surface area contributed by atoms with Crippen LogP contribution in [0.15, 0.2) is 60.7 Å². The first kappa shape index (κ1) is 18.0. The second kappa shape index (κ2) is 6.84. The van der Waals surface area contributed by atoms with Crippen LogP contribution in [0.3, 0.4) is 0 Å². The van der Waals surface area contributed by atoms with Crippen LogP contribution in [0.25, 0.3) is 0 Å². The molecule has 4 unspecified atom stereocenters. The molecule has 2 aromatic carbocycles. The van der Waals surface area contributed by atoms with E-state index in [-0.39, 0.29) is 9.85 Å². The number of piperidine rings is 1. The minimum atomic E-state index is -1.15. The molecule has 7 nitrogen and oxygen atoms in total. The Morgan fingerprint density at radius 2 is 1.12 bits per heavy atom. The third-order valence-electron chi connectivity index (χ3n) is 5.29. The molecule has 1 heterocycles. The van der Waals surface area contributed by atoms with E-state index in [2.05, 4.69) is 5.32 Å². The predicted octanol–water partition coefficient (Wildman–Crippen LogP) is 3.39. The Bertz CT molecular complexity index is 729. The molecular weight excluding hydrogens is 334 g/mol. The van der Waals surface area contributed by atoms with Crippen molar-refractivity contribution in [2.75, 3.05) is 0 Å². The highest BCUT2D eigenvalue weighted by molar-refractivity contribution is 5.28. The smallest absolute Gasteiger partial charge is 0.243 e. The Kier molecular flexibility index (Phi) is 4.73. The zero-order chi connectivity index (χ0) is 18.9. The Morgan fingerprint density at radius 1 is 0.769 bits per heavy atom. The molecule has 2 aromatic rings. The quantitative estimate of drug-likeness (QED) is 0.669. The van der Waals surface area contributed by atoms with Gasteiger partial charge >= 0.3 is 0 Å². The first-order chi connectivity index (χ1) is 12.3. The third-order valence-corrected chi connectivity index (χ3v) is 5.29. The minimum absolute atomic E-state index is 0.387. The third kappa shape index (κ3) is 3.06. The zero-order valence-corrected chi connectivity index (χ0v) is 14.6. The average Bonchev–Trinajstić information content (AvgIpc) is 2.60. The molecule has 0 aliphatic carbocycles. The monoisotopic (exact) mass is 355 g/mol. The van der Waals surface area contributed by atoms with E-state index in [4.69, 9.17) is 0 Å². The summed E-state index contributed by atoms with van der Waals surface area (Å²) < 4.78 is 0. The van der Waals surface area contributed by atoms with Crippen molar-refractivity contribution in [3.63, 3.8) is 0 Å².